The summed E-state index contributed by atoms with van der Waals surface area (Å²) in [5, 5.41) is 3.46. The van der Waals surface area contributed by atoms with E-state index in [0.29, 0.717) is 15.2 Å². The van der Waals surface area contributed by atoms with Crippen LogP contribution in [-0.4, -0.2) is 43.8 Å². The SMILES string of the molecule is CC[C@H](C)NC(=O)[C@@H](C)N(Cc1ccc(Cl)cc1)C(=O)CN(c1cccc(Br)c1)S(=O)(=O)c1ccccc1. The number of carbonyl (C=O) groups excluding carboxylic acids is 2. The summed E-state index contributed by atoms with van der Waals surface area (Å²) >= 11 is 9.42. The van der Waals surface area contributed by atoms with Gasteiger partial charge < -0.3 is 10.2 Å². The molecule has 0 aliphatic heterocycles. The van der Waals surface area contributed by atoms with Crippen molar-refractivity contribution in [2.24, 2.45) is 0 Å². The molecule has 0 saturated heterocycles. The van der Waals surface area contributed by atoms with Crippen molar-refractivity contribution in [1.82, 2.24) is 10.2 Å². The predicted octanol–water partition coefficient (Wildman–Crippen LogP) is 5.63. The maximum Gasteiger partial charge on any atom is 0.264 e. The first-order chi connectivity index (χ1) is 18.0. The Morgan fingerprint density at radius 3 is 2.24 bits per heavy atom. The molecular formula is C28H31BrClN3O4S. The fourth-order valence-corrected chi connectivity index (χ4v) is 5.65. The van der Waals surface area contributed by atoms with Crippen LogP contribution in [-0.2, 0) is 26.2 Å². The Labute approximate surface area is 238 Å². The molecule has 0 radical (unpaired) electrons. The smallest absolute Gasteiger partial charge is 0.264 e. The van der Waals surface area contributed by atoms with Gasteiger partial charge in [-0.15, -0.1) is 0 Å². The molecule has 202 valence electrons. The molecule has 0 bridgehead atoms. The van der Waals surface area contributed by atoms with Crippen LogP contribution in [0.15, 0.2) is 88.2 Å². The predicted molar refractivity (Wildman–Crippen MR) is 154 cm³/mol. The average Bonchev–Trinajstić information content (AvgIpc) is 2.91. The molecule has 0 saturated carbocycles. The molecule has 0 aliphatic rings. The molecule has 10 heteroatoms. The summed E-state index contributed by atoms with van der Waals surface area (Å²) in [6.07, 6.45) is 0.732. The van der Waals surface area contributed by atoms with Crippen LogP contribution in [0.3, 0.4) is 0 Å². The molecule has 0 spiro atoms. The van der Waals surface area contributed by atoms with Crippen molar-refractivity contribution < 1.29 is 18.0 Å². The second-order valence-corrected chi connectivity index (χ2v) is 12.2. The number of anilines is 1. The monoisotopic (exact) mass is 619 g/mol. The van der Waals surface area contributed by atoms with Gasteiger partial charge in [0.25, 0.3) is 10.0 Å². The summed E-state index contributed by atoms with van der Waals surface area (Å²) in [7, 11) is -4.10. The molecule has 3 aromatic carbocycles. The number of halogens is 2. The number of sulfonamides is 1. The van der Waals surface area contributed by atoms with Gasteiger partial charge in [0.15, 0.2) is 0 Å². The van der Waals surface area contributed by atoms with Crippen molar-refractivity contribution in [2.75, 3.05) is 10.8 Å². The van der Waals surface area contributed by atoms with E-state index in [9.17, 15) is 18.0 Å². The van der Waals surface area contributed by atoms with Crippen LogP contribution in [0.25, 0.3) is 0 Å². The number of rotatable bonds is 11. The standard InChI is InChI=1S/C28H31BrClN3O4S/c1-4-20(2)31-28(35)21(3)32(18-22-13-15-24(30)16-14-22)27(34)19-33(25-10-8-9-23(29)17-25)38(36,37)26-11-6-5-7-12-26/h5-17,20-21H,4,18-19H2,1-3H3,(H,31,35)/t20-,21+/m0/s1. The molecule has 0 aliphatic carbocycles. The van der Waals surface area contributed by atoms with Gasteiger partial charge in [-0.2, -0.15) is 0 Å². The first kappa shape index (κ1) is 29.7. The van der Waals surface area contributed by atoms with E-state index in [1.165, 1.54) is 17.0 Å². The van der Waals surface area contributed by atoms with Gasteiger partial charge in [-0.3, -0.25) is 13.9 Å². The zero-order valence-corrected chi connectivity index (χ0v) is 24.6. The molecule has 7 nitrogen and oxygen atoms in total. The average molecular weight is 621 g/mol. The Kier molecular flexibility index (Phi) is 10.4. The van der Waals surface area contributed by atoms with Crippen LogP contribution in [0.1, 0.15) is 32.8 Å². The van der Waals surface area contributed by atoms with E-state index in [2.05, 4.69) is 21.2 Å². The van der Waals surface area contributed by atoms with Gasteiger partial charge in [-0.25, -0.2) is 8.42 Å². The summed E-state index contributed by atoms with van der Waals surface area (Å²) < 4.78 is 29.2. The zero-order chi connectivity index (χ0) is 27.9. The third-order valence-corrected chi connectivity index (χ3v) is 8.67. The Hall–Kier alpha value is -2.88. The van der Waals surface area contributed by atoms with Gasteiger partial charge in [-0.05, 0) is 68.3 Å². The zero-order valence-electron chi connectivity index (χ0n) is 21.5. The molecule has 1 N–H and O–H groups in total. The highest BCUT2D eigenvalue weighted by molar-refractivity contribution is 9.10. The lowest BCUT2D eigenvalue weighted by molar-refractivity contribution is -0.139. The molecule has 2 atom stereocenters. The minimum Gasteiger partial charge on any atom is -0.352 e. The Morgan fingerprint density at radius 2 is 1.63 bits per heavy atom. The molecule has 0 unspecified atom stereocenters. The van der Waals surface area contributed by atoms with E-state index in [0.717, 1.165) is 16.3 Å². The van der Waals surface area contributed by atoms with Crippen LogP contribution >= 0.6 is 27.5 Å². The molecule has 3 aromatic rings. The van der Waals surface area contributed by atoms with Gasteiger partial charge >= 0.3 is 0 Å². The molecule has 38 heavy (non-hydrogen) atoms. The van der Waals surface area contributed by atoms with Crippen molar-refractivity contribution >= 4 is 55.1 Å². The molecular weight excluding hydrogens is 590 g/mol. The van der Waals surface area contributed by atoms with Crippen LogP contribution in [0.2, 0.25) is 5.02 Å². The first-order valence-corrected chi connectivity index (χ1v) is 14.8. The lowest BCUT2D eigenvalue weighted by Crippen LogP contribution is -2.52. The number of hydrogen-bond acceptors (Lipinski definition) is 4. The fraction of sp³-hybridized carbons (Fsp3) is 0.286. The van der Waals surface area contributed by atoms with Gasteiger partial charge in [0.1, 0.15) is 12.6 Å². The Morgan fingerprint density at radius 1 is 0.974 bits per heavy atom. The Bertz CT molecular complexity index is 1350. The molecule has 2 amide bonds. The fourth-order valence-electron chi connectivity index (χ4n) is 3.71. The van der Waals surface area contributed by atoms with Gasteiger partial charge in [0.2, 0.25) is 11.8 Å². The van der Waals surface area contributed by atoms with Crippen LogP contribution < -0.4 is 9.62 Å². The highest BCUT2D eigenvalue weighted by atomic mass is 79.9. The molecule has 0 fully saturated rings. The van der Waals surface area contributed by atoms with Gasteiger partial charge in [-0.1, -0.05) is 70.9 Å². The van der Waals surface area contributed by atoms with Gasteiger partial charge in [0.05, 0.1) is 10.6 Å². The largest absolute Gasteiger partial charge is 0.352 e. The van der Waals surface area contributed by atoms with Gasteiger partial charge in [0, 0.05) is 22.1 Å². The topological polar surface area (TPSA) is 86.8 Å². The van der Waals surface area contributed by atoms with E-state index in [1.54, 1.807) is 73.7 Å². The van der Waals surface area contributed by atoms with Crippen molar-refractivity contribution in [3.63, 3.8) is 0 Å². The van der Waals surface area contributed by atoms with E-state index >= 15 is 0 Å². The lowest BCUT2D eigenvalue weighted by Gasteiger charge is -2.32. The highest BCUT2D eigenvalue weighted by Crippen LogP contribution is 2.27. The number of benzene rings is 3. The lowest BCUT2D eigenvalue weighted by atomic mass is 10.1. The van der Waals surface area contributed by atoms with Crippen LogP contribution in [0, 0.1) is 0 Å². The van der Waals surface area contributed by atoms with E-state index in [4.69, 9.17) is 11.6 Å². The number of nitrogens with zero attached hydrogens (tertiary/aromatic N) is 2. The van der Waals surface area contributed by atoms with Crippen molar-refractivity contribution in [1.29, 1.82) is 0 Å². The third kappa shape index (κ3) is 7.58. The summed E-state index contributed by atoms with van der Waals surface area (Å²) in [5.41, 5.74) is 1.07. The second-order valence-electron chi connectivity index (χ2n) is 8.95. The maximum absolute atomic E-state index is 13.9. The summed E-state index contributed by atoms with van der Waals surface area (Å²) in [6.45, 7) is 5.08. The molecule has 3 rings (SSSR count). The van der Waals surface area contributed by atoms with E-state index < -0.39 is 28.5 Å². The first-order valence-electron chi connectivity index (χ1n) is 12.2. The van der Waals surface area contributed by atoms with Crippen molar-refractivity contribution in [3.05, 3.63) is 93.9 Å². The highest BCUT2D eigenvalue weighted by Gasteiger charge is 2.32. The maximum atomic E-state index is 13.9. The normalized spacial score (nSPS) is 12.9. The minimum atomic E-state index is -4.10. The second kappa shape index (κ2) is 13.3. The summed E-state index contributed by atoms with van der Waals surface area (Å²) in [5.74, 6) is -0.840. The van der Waals surface area contributed by atoms with E-state index in [1.807, 2.05) is 13.8 Å². The van der Waals surface area contributed by atoms with E-state index in [-0.39, 0.29) is 23.4 Å². The number of amides is 2. The Balaban J connectivity index is 2.01. The number of carbonyl (C=O) groups is 2. The molecule has 0 aromatic heterocycles. The van der Waals surface area contributed by atoms with Crippen molar-refractivity contribution in [3.8, 4) is 0 Å². The quantitative estimate of drug-likeness (QED) is 0.301. The number of nitrogens with one attached hydrogen (secondary N) is 1. The van der Waals surface area contributed by atoms with Crippen LogP contribution in [0.5, 0.6) is 0 Å². The number of hydrogen-bond donors (Lipinski definition) is 1. The van der Waals surface area contributed by atoms with Crippen LogP contribution in [0.4, 0.5) is 5.69 Å². The molecule has 0 heterocycles. The summed E-state index contributed by atoms with van der Waals surface area (Å²) in [4.78, 5) is 28.4. The van der Waals surface area contributed by atoms with Crippen molar-refractivity contribution in [2.45, 2.75) is 50.7 Å². The summed E-state index contributed by atoms with van der Waals surface area (Å²) in [6, 6.07) is 20.7. The minimum absolute atomic E-state index is 0.0552. The third-order valence-electron chi connectivity index (χ3n) is 6.14.